The molecule has 130 valence electrons. The lowest BCUT2D eigenvalue weighted by Gasteiger charge is -2.06. The zero-order valence-electron chi connectivity index (χ0n) is 13.6. The predicted octanol–water partition coefficient (Wildman–Crippen LogP) is 2.15. The number of methoxy groups -OCH3 is 1. The lowest BCUT2D eigenvalue weighted by Crippen LogP contribution is -2.28. The summed E-state index contributed by atoms with van der Waals surface area (Å²) in [5.41, 5.74) is 1.88. The predicted molar refractivity (Wildman–Crippen MR) is 93.0 cm³/mol. The Balaban J connectivity index is 1.71. The molecule has 1 heterocycles. The molecule has 0 saturated heterocycles. The molecule has 25 heavy (non-hydrogen) atoms. The van der Waals surface area contributed by atoms with Crippen LogP contribution in [0.1, 0.15) is 11.1 Å². The van der Waals surface area contributed by atoms with E-state index < -0.39 is 15.9 Å². The fourth-order valence-electron chi connectivity index (χ4n) is 2.48. The summed E-state index contributed by atoms with van der Waals surface area (Å²) in [4.78, 5) is 11.9. The Labute approximate surface area is 146 Å². The van der Waals surface area contributed by atoms with Crippen molar-refractivity contribution in [2.75, 3.05) is 13.7 Å². The molecule has 0 radical (unpaired) electrons. The average molecular weight is 359 g/mol. The molecule has 0 unspecified atom stereocenters. The van der Waals surface area contributed by atoms with Crippen molar-refractivity contribution in [2.24, 2.45) is 0 Å². The Kier molecular flexibility index (Phi) is 4.76. The molecule has 3 rings (SSSR count). The molecule has 1 amide bonds. The molecule has 0 aromatic heterocycles. The van der Waals surface area contributed by atoms with Crippen LogP contribution in [-0.4, -0.2) is 28.0 Å². The van der Waals surface area contributed by atoms with Crippen LogP contribution >= 0.6 is 0 Å². The van der Waals surface area contributed by atoms with E-state index >= 15 is 0 Å². The van der Waals surface area contributed by atoms with Gasteiger partial charge in [-0.15, -0.1) is 0 Å². The Morgan fingerprint density at radius 3 is 2.88 bits per heavy atom. The van der Waals surface area contributed by atoms with Gasteiger partial charge in [-0.2, -0.15) is 0 Å². The highest BCUT2D eigenvalue weighted by atomic mass is 32.2. The molecule has 6 nitrogen and oxygen atoms in total. The normalized spacial score (nSPS) is 13.3. The van der Waals surface area contributed by atoms with Gasteiger partial charge in [0.05, 0.1) is 18.6 Å². The number of benzene rings is 2. The number of hydrogen-bond donors (Lipinski definition) is 1. The molecule has 0 bridgehead atoms. The summed E-state index contributed by atoms with van der Waals surface area (Å²) < 4.78 is 36.9. The van der Waals surface area contributed by atoms with Gasteiger partial charge in [-0.1, -0.05) is 12.1 Å². The number of sulfonamides is 1. The number of nitrogens with one attached hydrogen (secondary N) is 1. The molecular weight excluding hydrogens is 342 g/mol. The number of fused-ring (bicyclic) bond motifs is 1. The zero-order chi connectivity index (χ0) is 17.9. The van der Waals surface area contributed by atoms with Crippen LogP contribution in [0.5, 0.6) is 11.5 Å². The molecule has 0 spiro atoms. The van der Waals surface area contributed by atoms with Crippen LogP contribution in [0.4, 0.5) is 0 Å². The van der Waals surface area contributed by atoms with E-state index in [0.29, 0.717) is 12.4 Å². The van der Waals surface area contributed by atoms with Crippen LogP contribution in [0, 0.1) is 0 Å². The van der Waals surface area contributed by atoms with Gasteiger partial charge in [0.1, 0.15) is 11.5 Å². The van der Waals surface area contributed by atoms with Crippen LogP contribution in [-0.2, 0) is 21.2 Å². The molecular formula is C18H17NO5S. The summed E-state index contributed by atoms with van der Waals surface area (Å²) in [5.74, 6) is 0.521. The van der Waals surface area contributed by atoms with Gasteiger partial charge in [-0.25, -0.2) is 13.1 Å². The molecule has 0 fully saturated rings. The van der Waals surface area contributed by atoms with Crippen molar-refractivity contribution in [2.45, 2.75) is 11.3 Å². The maximum atomic E-state index is 12.2. The Morgan fingerprint density at radius 1 is 1.24 bits per heavy atom. The molecule has 2 aromatic rings. The summed E-state index contributed by atoms with van der Waals surface area (Å²) in [5, 5.41) is 0. The average Bonchev–Trinajstić information content (AvgIpc) is 3.07. The SMILES string of the molecule is COc1cccc(S(=O)(=O)NC(=O)/C=C/c2ccc3c(c2)CCO3)c1. The van der Waals surface area contributed by atoms with Gasteiger partial charge in [0.2, 0.25) is 0 Å². The molecule has 1 aliphatic heterocycles. The van der Waals surface area contributed by atoms with Crippen LogP contribution < -0.4 is 14.2 Å². The van der Waals surface area contributed by atoms with E-state index in [-0.39, 0.29) is 4.90 Å². The van der Waals surface area contributed by atoms with Gasteiger partial charge in [-0.05, 0) is 41.5 Å². The van der Waals surface area contributed by atoms with Gasteiger partial charge >= 0.3 is 0 Å². The van der Waals surface area contributed by atoms with E-state index in [4.69, 9.17) is 9.47 Å². The second-order valence-corrected chi connectivity index (χ2v) is 7.13. The van der Waals surface area contributed by atoms with Crippen LogP contribution in [0.2, 0.25) is 0 Å². The van der Waals surface area contributed by atoms with E-state index in [1.165, 1.54) is 25.3 Å². The first-order chi connectivity index (χ1) is 12.0. The maximum Gasteiger partial charge on any atom is 0.264 e. The number of amides is 1. The number of rotatable bonds is 5. The van der Waals surface area contributed by atoms with E-state index in [9.17, 15) is 13.2 Å². The third-order valence-electron chi connectivity index (χ3n) is 3.73. The van der Waals surface area contributed by atoms with E-state index in [1.54, 1.807) is 18.2 Å². The Morgan fingerprint density at radius 2 is 2.08 bits per heavy atom. The van der Waals surface area contributed by atoms with E-state index in [0.717, 1.165) is 23.3 Å². The highest BCUT2D eigenvalue weighted by molar-refractivity contribution is 7.90. The fraction of sp³-hybridized carbons (Fsp3) is 0.167. The number of hydrogen-bond acceptors (Lipinski definition) is 5. The van der Waals surface area contributed by atoms with Crippen molar-refractivity contribution in [1.29, 1.82) is 0 Å². The molecule has 0 aliphatic carbocycles. The van der Waals surface area contributed by atoms with Crippen LogP contribution in [0.3, 0.4) is 0 Å². The fourth-order valence-corrected chi connectivity index (χ4v) is 3.46. The van der Waals surface area contributed by atoms with Gasteiger partial charge in [0.25, 0.3) is 15.9 Å². The quantitative estimate of drug-likeness (QED) is 0.827. The molecule has 1 aliphatic rings. The molecule has 7 heteroatoms. The van der Waals surface area contributed by atoms with Crippen molar-refractivity contribution in [3.8, 4) is 11.5 Å². The third kappa shape index (κ3) is 4.00. The van der Waals surface area contributed by atoms with Gasteiger partial charge < -0.3 is 9.47 Å². The van der Waals surface area contributed by atoms with Crippen molar-refractivity contribution < 1.29 is 22.7 Å². The van der Waals surface area contributed by atoms with Gasteiger partial charge in [0.15, 0.2) is 0 Å². The maximum absolute atomic E-state index is 12.2. The minimum Gasteiger partial charge on any atom is -0.497 e. The lowest BCUT2D eigenvalue weighted by molar-refractivity contribution is -0.114. The van der Waals surface area contributed by atoms with Crippen molar-refractivity contribution in [1.82, 2.24) is 4.72 Å². The molecule has 0 atom stereocenters. The van der Waals surface area contributed by atoms with Crippen molar-refractivity contribution >= 4 is 22.0 Å². The smallest absolute Gasteiger partial charge is 0.264 e. The van der Waals surface area contributed by atoms with E-state index in [2.05, 4.69) is 0 Å². The summed E-state index contributed by atoms with van der Waals surface area (Å²) >= 11 is 0. The number of ether oxygens (including phenoxy) is 2. The van der Waals surface area contributed by atoms with Gasteiger partial charge in [0, 0.05) is 18.6 Å². The summed E-state index contributed by atoms with van der Waals surface area (Å²) in [6.07, 6.45) is 3.58. The first-order valence-electron chi connectivity index (χ1n) is 7.62. The minimum atomic E-state index is -3.96. The molecule has 2 aromatic carbocycles. The summed E-state index contributed by atoms with van der Waals surface area (Å²) in [7, 11) is -2.52. The number of carbonyl (C=O) groups excluding carboxylic acids is 1. The first kappa shape index (κ1) is 17.0. The van der Waals surface area contributed by atoms with E-state index in [1.807, 2.05) is 22.9 Å². The van der Waals surface area contributed by atoms with Crippen molar-refractivity contribution in [3.05, 3.63) is 59.7 Å². The number of carbonyl (C=O) groups is 1. The largest absolute Gasteiger partial charge is 0.497 e. The summed E-state index contributed by atoms with van der Waals surface area (Å²) in [6, 6.07) is 11.5. The highest BCUT2D eigenvalue weighted by Gasteiger charge is 2.17. The lowest BCUT2D eigenvalue weighted by atomic mass is 10.1. The first-order valence-corrected chi connectivity index (χ1v) is 9.11. The third-order valence-corrected chi connectivity index (χ3v) is 5.07. The topological polar surface area (TPSA) is 81.7 Å². The Hall–Kier alpha value is -2.80. The van der Waals surface area contributed by atoms with Crippen LogP contribution in [0.15, 0.2) is 53.4 Å². The Bertz CT molecular complexity index is 934. The second kappa shape index (κ2) is 6.98. The standard InChI is InChI=1S/C18H17NO5S/c1-23-15-3-2-4-16(12-15)25(21,22)19-18(20)8-6-13-5-7-17-14(11-13)9-10-24-17/h2-8,11-12H,9-10H2,1H3,(H,19,20)/b8-6+. The summed E-state index contributed by atoms with van der Waals surface area (Å²) in [6.45, 7) is 0.655. The second-order valence-electron chi connectivity index (χ2n) is 5.45. The molecule has 0 saturated carbocycles. The van der Waals surface area contributed by atoms with Crippen molar-refractivity contribution in [3.63, 3.8) is 0 Å². The zero-order valence-corrected chi connectivity index (χ0v) is 14.4. The highest BCUT2D eigenvalue weighted by Crippen LogP contribution is 2.26. The van der Waals surface area contributed by atoms with Gasteiger partial charge in [-0.3, -0.25) is 4.79 Å². The monoisotopic (exact) mass is 359 g/mol. The molecule has 1 N–H and O–H groups in total. The minimum absolute atomic E-state index is 0.0386. The van der Waals surface area contributed by atoms with Crippen LogP contribution in [0.25, 0.3) is 6.08 Å².